The van der Waals surface area contributed by atoms with E-state index in [0.717, 1.165) is 5.69 Å². The molecular weight excluding hydrogens is 262 g/mol. The topological polar surface area (TPSA) is 91.8 Å². The molecule has 2 heterocycles. The summed E-state index contributed by atoms with van der Waals surface area (Å²) in [5.41, 5.74) is 0.901. The number of amides is 2. The number of nitrogens with zero attached hydrogens (tertiary/aromatic N) is 2. The molecule has 1 aliphatic rings. The van der Waals surface area contributed by atoms with E-state index >= 15 is 0 Å². The van der Waals surface area contributed by atoms with E-state index in [4.69, 9.17) is 9.84 Å². The van der Waals surface area contributed by atoms with Crippen LogP contribution < -0.4 is 5.32 Å². The Bertz CT molecular complexity index is 466. The van der Waals surface area contributed by atoms with Crippen LogP contribution in [-0.2, 0) is 16.0 Å². The molecule has 0 bridgehead atoms. The monoisotopic (exact) mass is 279 g/mol. The Hall–Kier alpha value is -2.15. The van der Waals surface area contributed by atoms with Crippen molar-refractivity contribution in [3.8, 4) is 0 Å². The lowest BCUT2D eigenvalue weighted by molar-refractivity contribution is -0.154. The highest BCUT2D eigenvalue weighted by Crippen LogP contribution is 2.05. The number of rotatable bonds is 4. The Morgan fingerprint density at radius 3 is 3.05 bits per heavy atom. The number of carbonyl (C=O) groups excluding carboxylic acids is 1. The zero-order valence-electron chi connectivity index (χ0n) is 11.0. The van der Waals surface area contributed by atoms with Crippen LogP contribution in [0.25, 0.3) is 0 Å². The molecule has 7 nitrogen and oxygen atoms in total. The largest absolute Gasteiger partial charge is 0.479 e. The molecule has 20 heavy (non-hydrogen) atoms. The van der Waals surface area contributed by atoms with E-state index in [1.807, 2.05) is 18.2 Å². The maximum atomic E-state index is 11.9. The van der Waals surface area contributed by atoms with Crippen LogP contribution in [0.5, 0.6) is 0 Å². The number of nitrogens with one attached hydrogen (secondary N) is 1. The van der Waals surface area contributed by atoms with Crippen LogP contribution in [-0.4, -0.2) is 59.3 Å². The molecule has 0 aliphatic carbocycles. The smallest absolute Gasteiger partial charge is 0.334 e. The van der Waals surface area contributed by atoms with Gasteiger partial charge in [0.15, 0.2) is 6.10 Å². The minimum atomic E-state index is -1.05. The molecule has 1 saturated heterocycles. The number of ether oxygens (including phenoxy) is 1. The molecule has 0 saturated carbocycles. The molecular formula is C13H17N3O4. The van der Waals surface area contributed by atoms with Gasteiger partial charge in [-0.3, -0.25) is 4.98 Å². The van der Waals surface area contributed by atoms with Gasteiger partial charge in [0.05, 0.1) is 13.2 Å². The quantitative estimate of drug-likeness (QED) is 0.816. The van der Waals surface area contributed by atoms with E-state index in [1.54, 1.807) is 6.20 Å². The minimum absolute atomic E-state index is 0.0742. The van der Waals surface area contributed by atoms with Crippen LogP contribution in [0.4, 0.5) is 4.79 Å². The molecule has 1 aromatic heterocycles. The summed E-state index contributed by atoms with van der Waals surface area (Å²) in [7, 11) is 0. The second kappa shape index (κ2) is 6.85. The Morgan fingerprint density at radius 2 is 2.35 bits per heavy atom. The first-order valence-electron chi connectivity index (χ1n) is 6.44. The van der Waals surface area contributed by atoms with Gasteiger partial charge >= 0.3 is 12.0 Å². The molecule has 1 unspecified atom stereocenters. The Labute approximate surface area is 116 Å². The fourth-order valence-electron chi connectivity index (χ4n) is 1.94. The first-order chi connectivity index (χ1) is 9.66. The highest BCUT2D eigenvalue weighted by Gasteiger charge is 2.28. The van der Waals surface area contributed by atoms with Gasteiger partial charge in [0, 0.05) is 31.4 Å². The number of morpholine rings is 1. The summed E-state index contributed by atoms with van der Waals surface area (Å²) in [6.45, 7) is 1.18. The molecule has 7 heteroatoms. The first kappa shape index (κ1) is 14.3. The molecule has 2 amide bonds. The molecule has 0 spiro atoms. The number of pyridine rings is 1. The molecule has 108 valence electrons. The molecule has 1 aliphatic heterocycles. The van der Waals surface area contributed by atoms with E-state index in [-0.39, 0.29) is 19.2 Å². The van der Waals surface area contributed by atoms with E-state index in [9.17, 15) is 9.59 Å². The van der Waals surface area contributed by atoms with Crippen molar-refractivity contribution in [1.29, 1.82) is 0 Å². The normalized spacial score (nSPS) is 18.6. The van der Waals surface area contributed by atoms with E-state index < -0.39 is 12.1 Å². The van der Waals surface area contributed by atoms with Crippen molar-refractivity contribution in [2.75, 3.05) is 26.2 Å². The van der Waals surface area contributed by atoms with Gasteiger partial charge in [-0.1, -0.05) is 6.07 Å². The van der Waals surface area contributed by atoms with Gasteiger partial charge in [0.25, 0.3) is 0 Å². The SMILES string of the molecule is O=C(O)C1CN(C(=O)NCCc2ccccn2)CCO1. The molecule has 2 rings (SSSR count). The zero-order chi connectivity index (χ0) is 14.4. The third-order valence-electron chi connectivity index (χ3n) is 3.01. The fourth-order valence-corrected chi connectivity index (χ4v) is 1.94. The summed E-state index contributed by atoms with van der Waals surface area (Å²) >= 11 is 0. The van der Waals surface area contributed by atoms with Crippen molar-refractivity contribution in [1.82, 2.24) is 15.2 Å². The minimum Gasteiger partial charge on any atom is -0.479 e. The lowest BCUT2D eigenvalue weighted by Gasteiger charge is -2.30. The van der Waals surface area contributed by atoms with E-state index in [1.165, 1.54) is 4.90 Å². The average Bonchev–Trinajstić information content (AvgIpc) is 2.48. The van der Waals surface area contributed by atoms with Crippen LogP contribution in [0.2, 0.25) is 0 Å². The second-order valence-electron chi connectivity index (χ2n) is 4.45. The summed E-state index contributed by atoms with van der Waals surface area (Å²) < 4.78 is 5.06. The molecule has 1 fully saturated rings. The summed E-state index contributed by atoms with van der Waals surface area (Å²) in [6, 6.07) is 5.35. The second-order valence-corrected chi connectivity index (χ2v) is 4.45. The number of carboxylic acids is 1. The molecule has 0 radical (unpaired) electrons. The van der Waals surface area contributed by atoms with E-state index in [0.29, 0.717) is 19.5 Å². The number of aliphatic carboxylic acids is 1. The van der Waals surface area contributed by atoms with Gasteiger partial charge in [0.2, 0.25) is 0 Å². The van der Waals surface area contributed by atoms with Crippen molar-refractivity contribution in [3.05, 3.63) is 30.1 Å². The van der Waals surface area contributed by atoms with Crippen molar-refractivity contribution >= 4 is 12.0 Å². The third-order valence-corrected chi connectivity index (χ3v) is 3.01. The Morgan fingerprint density at radius 1 is 1.50 bits per heavy atom. The predicted molar refractivity (Wildman–Crippen MR) is 70.3 cm³/mol. The zero-order valence-corrected chi connectivity index (χ0v) is 11.0. The van der Waals surface area contributed by atoms with Gasteiger partial charge < -0.3 is 20.1 Å². The summed E-state index contributed by atoms with van der Waals surface area (Å²) in [4.78, 5) is 28.4. The number of urea groups is 1. The summed E-state index contributed by atoms with van der Waals surface area (Å²) in [6.07, 6.45) is 1.40. The number of hydrogen-bond acceptors (Lipinski definition) is 4. The van der Waals surface area contributed by atoms with Crippen LogP contribution in [0.15, 0.2) is 24.4 Å². The van der Waals surface area contributed by atoms with Gasteiger partial charge in [-0.2, -0.15) is 0 Å². The highest BCUT2D eigenvalue weighted by atomic mass is 16.5. The van der Waals surface area contributed by atoms with Gasteiger partial charge in [0.1, 0.15) is 0 Å². The standard InChI is InChI=1S/C13H17N3O4/c17-12(18)11-9-16(7-8-20-11)13(19)15-6-4-10-3-1-2-5-14-10/h1-3,5,11H,4,6-9H2,(H,15,19)(H,17,18). The highest BCUT2D eigenvalue weighted by molar-refractivity contribution is 5.77. The lowest BCUT2D eigenvalue weighted by atomic mass is 10.2. The van der Waals surface area contributed by atoms with Crippen LogP contribution in [0, 0.1) is 0 Å². The number of carboxylic acid groups (broad SMARTS) is 1. The molecule has 0 aromatic carbocycles. The fraction of sp³-hybridized carbons (Fsp3) is 0.462. The van der Waals surface area contributed by atoms with Crippen LogP contribution >= 0.6 is 0 Å². The average molecular weight is 279 g/mol. The van der Waals surface area contributed by atoms with E-state index in [2.05, 4.69) is 10.3 Å². The Balaban J connectivity index is 1.75. The van der Waals surface area contributed by atoms with Crippen molar-refractivity contribution in [3.63, 3.8) is 0 Å². The summed E-state index contributed by atoms with van der Waals surface area (Å²) in [5, 5.41) is 11.6. The van der Waals surface area contributed by atoms with Gasteiger partial charge in [-0.05, 0) is 12.1 Å². The van der Waals surface area contributed by atoms with Crippen LogP contribution in [0.1, 0.15) is 5.69 Å². The van der Waals surface area contributed by atoms with Crippen molar-refractivity contribution < 1.29 is 19.4 Å². The first-order valence-corrected chi connectivity index (χ1v) is 6.44. The lowest BCUT2D eigenvalue weighted by Crippen LogP contribution is -2.52. The predicted octanol–water partition coefficient (Wildman–Crippen LogP) is 0.119. The number of hydrogen-bond donors (Lipinski definition) is 2. The Kier molecular flexibility index (Phi) is 4.89. The molecule has 1 atom stereocenters. The molecule has 1 aromatic rings. The maximum Gasteiger partial charge on any atom is 0.334 e. The summed E-state index contributed by atoms with van der Waals surface area (Å²) in [5.74, 6) is -1.05. The number of carbonyl (C=O) groups is 2. The van der Waals surface area contributed by atoms with Gasteiger partial charge in [-0.25, -0.2) is 9.59 Å². The maximum absolute atomic E-state index is 11.9. The molecule has 2 N–H and O–H groups in total. The number of aromatic nitrogens is 1. The van der Waals surface area contributed by atoms with Crippen LogP contribution in [0.3, 0.4) is 0 Å². The van der Waals surface area contributed by atoms with Crippen molar-refractivity contribution in [2.45, 2.75) is 12.5 Å². The third kappa shape index (κ3) is 3.92. The van der Waals surface area contributed by atoms with Crippen molar-refractivity contribution in [2.24, 2.45) is 0 Å². The van der Waals surface area contributed by atoms with Gasteiger partial charge in [-0.15, -0.1) is 0 Å².